The fourth-order valence-electron chi connectivity index (χ4n) is 2.02. The van der Waals surface area contributed by atoms with Gasteiger partial charge in [0.1, 0.15) is 0 Å². The van der Waals surface area contributed by atoms with E-state index in [1.165, 1.54) is 0 Å². The molecule has 148 valence electrons. The second-order valence-corrected chi connectivity index (χ2v) is 5.36. The van der Waals surface area contributed by atoms with Crippen LogP contribution in [-0.2, 0) is 28.4 Å². The molecule has 0 fully saturated rings. The van der Waals surface area contributed by atoms with Gasteiger partial charge in [-0.25, -0.2) is 0 Å². The number of ether oxygens (including phenoxy) is 6. The van der Waals surface area contributed by atoms with E-state index >= 15 is 0 Å². The molecule has 0 aromatic carbocycles. The first-order valence-electron chi connectivity index (χ1n) is 8.62. The van der Waals surface area contributed by atoms with Crippen LogP contribution >= 0.6 is 0 Å². The first kappa shape index (κ1) is 24.1. The molecule has 0 saturated heterocycles. The van der Waals surface area contributed by atoms with Crippen LogP contribution in [0.3, 0.4) is 0 Å². The minimum Gasteiger partial charge on any atom is -0.382 e. The molecule has 0 radical (unpaired) electrons. The molecular weight excluding hydrogens is 330 g/mol. The molecule has 0 aliphatic heterocycles. The summed E-state index contributed by atoms with van der Waals surface area (Å²) in [5.41, 5.74) is 8.39. The second kappa shape index (κ2) is 19.4. The first-order valence-corrected chi connectivity index (χ1v) is 8.62. The largest absolute Gasteiger partial charge is 0.382 e. The van der Waals surface area contributed by atoms with Crippen LogP contribution in [0.1, 0.15) is 19.8 Å². The van der Waals surface area contributed by atoms with E-state index in [2.05, 4.69) is 10.0 Å². The Morgan fingerprint density at radius 1 is 0.840 bits per heavy atom. The number of azide groups is 1. The summed E-state index contributed by atoms with van der Waals surface area (Å²) < 4.78 is 32.1. The summed E-state index contributed by atoms with van der Waals surface area (Å²) >= 11 is 0. The van der Waals surface area contributed by atoms with Gasteiger partial charge in [-0.2, -0.15) is 0 Å². The van der Waals surface area contributed by atoms with Gasteiger partial charge in [-0.3, -0.25) is 0 Å². The molecule has 9 heteroatoms. The van der Waals surface area contributed by atoms with Crippen LogP contribution in [0.15, 0.2) is 5.11 Å². The molecule has 0 aromatic heterocycles. The van der Waals surface area contributed by atoms with E-state index in [0.29, 0.717) is 65.8 Å². The highest BCUT2D eigenvalue weighted by Crippen LogP contribution is 2.10. The third kappa shape index (κ3) is 17.7. The van der Waals surface area contributed by atoms with Gasteiger partial charge in [-0.05, 0) is 25.3 Å². The van der Waals surface area contributed by atoms with Gasteiger partial charge in [0.05, 0.1) is 65.1 Å². The maximum atomic E-state index is 8.39. The summed E-state index contributed by atoms with van der Waals surface area (Å²) in [4.78, 5) is 2.77. The fraction of sp³-hybridized carbons (Fsp3) is 1.00. The number of methoxy groups -OCH3 is 2. The monoisotopic (exact) mass is 363 g/mol. The summed E-state index contributed by atoms with van der Waals surface area (Å²) in [5, 5.41) is 3.57. The van der Waals surface area contributed by atoms with Crippen LogP contribution < -0.4 is 0 Å². The predicted octanol–water partition coefficient (Wildman–Crippen LogP) is 2.19. The molecule has 2 unspecified atom stereocenters. The van der Waals surface area contributed by atoms with E-state index in [4.69, 9.17) is 34.0 Å². The van der Waals surface area contributed by atoms with Crippen molar-refractivity contribution in [3.05, 3.63) is 10.4 Å². The average Bonchev–Trinajstić information content (AvgIpc) is 2.60. The smallest absolute Gasteiger partial charge is 0.0704 e. The highest BCUT2D eigenvalue weighted by Gasteiger charge is 2.14. The van der Waals surface area contributed by atoms with Gasteiger partial charge in [0, 0.05) is 25.7 Å². The lowest BCUT2D eigenvalue weighted by Gasteiger charge is -2.21. The highest BCUT2D eigenvalue weighted by atomic mass is 16.6. The topological polar surface area (TPSA) is 104 Å². The van der Waals surface area contributed by atoms with Crippen molar-refractivity contribution >= 4 is 0 Å². The van der Waals surface area contributed by atoms with E-state index in [-0.39, 0.29) is 12.2 Å². The van der Waals surface area contributed by atoms with E-state index in [1.807, 2.05) is 6.92 Å². The Bertz CT molecular complexity index is 329. The third-order valence-electron chi connectivity index (χ3n) is 3.28. The Kier molecular flexibility index (Phi) is 18.7. The van der Waals surface area contributed by atoms with Crippen molar-refractivity contribution in [2.75, 3.05) is 73.6 Å². The molecular formula is C16H33N3O6. The van der Waals surface area contributed by atoms with Gasteiger partial charge in [-0.15, -0.1) is 0 Å². The van der Waals surface area contributed by atoms with Crippen LogP contribution in [0.4, 0.5) is 0 Å². The van der Waals surface area contributed by atoms with E-state index in [0.717, 1.165) is 6.42 Å². The van der Waals surface area contributed by atoms with Gasteiger partial charge in [0.2, 0.25) is 0 Å². The molecule has 0 bridgehead atoms. The molecule has 0 spiro atoms. The van der Waals surface area contributed by atoms with Crippen LogP contribution in [0.5, 0.6) is 0 Å². The molecule has 2 atom stereocenters. The molecule has 0 aromatic rings. The van der Waals surface area contributed by atoms with E-state index in [9.17, 15) is 0 Å². The molecule has 25 heavy (non-hydrogen) atoms. The number of hydrogen-bond acceptors (Lipinski definition) is 7. The quantitative estimate of drug-likeness (QED) is 0.151. The zero-order chi connectivity index (χ0) is 18.6. The van der Waals surface area contributed by atoms with Crippen molar-refractivity contribution in [3.63, 3.8) is 0 Å². The van der Waals surface area contributed by atoms with Crippen molar-refractivity contribution in [2.24, 2.45) is 5.11 Å². The SMILES string of the molecule is COCCOCCOCCOC(CCN=[N+]=[N-])CC(C)OCCOC. The van der Waals surface area contributed by atoms with Crippen molar-refractivity contribution in [1.29, 1.82) is 0 Å². The molecule has 0 amide bonds. The normalized spacial score (nSPS) is 13.4. The van der Waals surface area contributed by atoms with E-state index < -0.39 is 0 Å². The molecule has 0 aliphatic rings. The zero-order valence-electron chi connectivity index (χ0n) is 15.7. The van der Waals surface area contributed by atoms with Crippen molar-refractivity contribution in [1.82, 2.24) is 0 Å². The predicted molar refractivity (Wildman–Crippen MR) is 93.8 cm³/mol. The zero-order valence-corrected chi connectivity index (χ0v) is 15.7. The van der Waals surface area contributed by atoms with Crippen LogP contribution in [0.25, 0.3) is 10.4 Å². The summed E-state index contributed by atoms with van der Waals surface area (Å²) in [5.74, 6) is 0. The summed E-state index contributed by atoms with van der Waals surface area (Å²) in [6.45, 7) is 6.68. The number of nitrogens with zero attached hydrogens (tertiary/aromatic N) is 3. The van der Waals surface area contributed by atoms with E-state index in [1.54, 1.807) is 14.2 Å². The fourth-order valence-corrected chi connectivity index (χ4v) is 2.02. The first-order chi connectivity index (χ1) is 12.2. The van der Waals surface area contributed by atoms with Crippen molar-refractivity contribution < 1.29 is 28.4 Å². The van der Waals surface area contributed by atoms with Crippen molar-refractivity contribution in [2.45, 2.75) is 32.0 Å². The van der Waals surface area contributed by atoms with Gasteiger partial charge in [-0.1, -0.05) is 5.11 Å². The minimum atomic E-state index is -0.0374. The molecule has 0 N–H and O–H groups in total. The highest BCUT2D eigenvalue weighted by molar-refractivity contribution is 4.65. The summed E-state index contributed by atoms with van der Waals surface area (Å²) in [6.07, 6.45) is 1.39. The van der Waals surface area contributed by atoms with Crippen LogP contribution in [0.2, 0.25) is 0 Å². The Hall–Kier alpha value is -0.930. The summed E-state index contributed by atoms with van der Waals surface area (Å²) in [6, 6.07) is 0. The average molecular weight is 363 g/mol. The van der Waals surface area contributed by atoms with Crippen LogP contribution in [-0.4, -0.2) is 85.8 Å². The Morgan fingerprint density at radius 2 is 1.40 bits per heavy atom. The lowest BCUT2D eigenvalue weighted by Crippen LogP contribution is -2.25. The second-order valence-electron chi connectivity index (χ2n) is 5.36. The number of rotatable bonds is 19. The maximum Gasteiger partial charge on any atom is 0.0704 e. The molecule has 0 heterocycles. The Morgan fingerprint density at radius 3 is 2.04 bits per heavy atom. The Balaban J connectivity index is 3.84. The van der Waals surface area contributed by atoms with Crippen molar-refractivity contribution in [3.8, 4) is 0 Å². The molecule has 0 aliphatic carbocycles. The standard InChI is InChI=1S/C16H33N3O6/c1-15(24-12-7-21-3)14-16(4-5-18-19-17)25-13-11-23-10-9-22-8-6-20-2/h15-16H,4-14H2,1-3H3. The maximum absolute atomic E-state index is 8.39. The van der Waals surface area contributed by atoms with Gasteiger partial charge in [0.25, 0.3) is 0 Å². The molecule has 9 nitrogen and oxygen atoms in total. The minimum absolute atomic E-state index is 0.0374. The third-order valence-corrected chi connectivity index (χ3v) is 3.28. The summed E-state index contributed by atoms with van der Waals surface area (Å²) in [7, 11) is 3.28. The Labute approximate surface area is 150 Å². The van der Waals surface area contributed by atoms with Crippen LogP contribution in [0, 0.1) is 0 Å². The molecule has 0 rings (SSSR count). The lowest BCUT2D eigenvalue weighted by atomic mass is 10.1. The lowest BCUT2D eigenvalue weighted by molar-refractivity contribution is -0.0448. The van der Waals surface area contributed by atoms with Gasteiger partial charge >= 0.3 is 0 Å². The number of hydrogen-bond donors (Lipinski definition) is 0. The van der Waals surface area contributed by atoms with Gasteiger partial charge in [0.15, 0.2) is 0 Å². The van der Waals surface area contributed by atoms with Gasteiger partial charge < -0.3 is 28.4 Å². The molecule has 0 saturated carbocycles.